The van der Waals surface area contributed by atoms with Gasteiger partial charge in [0.05, 0.1) is 0 Å². The molecule has 0 radical (unpaired) electrons. The van der Waals surface area contributed by atoms with Crippen molar-refractivity contribution in [3.8, 4) is 0 Å². The van der Waals surface area contributed by atoms with Crippen molar-refractivity contribution in [2.24, 2.45) is 0 Å². The minimum atomic E-state index is -1.17. The maximum atomic E-state index is 11.4. The number of ether oxygens (including phenoxy) is 5. The number of carbonyl (C=O) groups is 3. The Morgan fingerprint density at radius 1 is 0.864 bits per heavy atom. The van der Waals surface area contributed by atoms with Crippen LogP contribution in [0.4, 0.5) is 0 Å². The lowest BCUT2D eigenvalue weighted by Gasteiger charge is -2.39. The summed E-state index contributed by atoms with van der Waals surface area (Å²) in [6.07, 6.45) is -4.94. The molecule has 0 amide bonds. The second-order valence-electron chi connectivity index (χ2n) is 4.83. The lowest BCUT2D eigenvalue weighted by molar-refractivity contribution is -0.250. The van der Waals surface area contributed by atoms with Crippen LogP contribution in [0.5, 0.6) is 0 Å². The molecular formula is C12H14Br2O8. The second kappa shape index (κ2) is 6.42. The summed E-state index contributed by atoms with van der Waals surface area (Å²) < 4.78 is 25.5. The van der Waals surface area contributed by atoms with E-state index in [1.54, 1.807) is 0 Å². The van der Waals surface area contributed by atoms with Crippen LogP contribution in [0.15, 0.2) is 0 Å². The summed E-state index contributed by atoms with van der Waals surface area (Å²) in [4.78, 5) is 34.0. The van der Waals surface area contributed by atoms with Gasteiger partial charge in [0, 0.05) is 20.8 Å². The molecule has 10 heteroatoms. The molecule has 2 bridgehead atoms. The highest BCUT2D eigenvalue weighted by atomic mass is 79.9. The molecule has 2 aliphatic heterocycles. The average molecular weight is 446 g/mol. The molecule has 8 nitrogen and oxygen atoms in total. The molecule has 2 heterocycles. The summed E-state index contributed by atoms with van der Waals surface area (Å²) in [5, 5.41) is 0. The lowest BCUT2D eigenvalue weighted by Crippen LogP contribution is -2.59. The first-order valence-electron chi connectivity index (χ1n) is 6.34. The van der Waals surface area contributed by atoms with Crippen molar-refractivity contribution in [2.45, 2.75) is 54.9 Å². The highest BCUT2D eigenvalue weighted by Crippen LogP contribution is 2.49. The smallest absolute Gasteiger partial charge is 0.303 e. The van der Waals surface area contributed by atoms with E-state index in [9.17, 15) is 14.4 Å². The van der Waals surface area contributed by atoms with Crippen LogP contribution >= 0.6 is 31.9 Å². The fraction of sp³-hybridized carbons (Fsp3) is 0.750. The fourth-order valence-electron chi connectivity index (χ4n) is 2.36. The number of fused-ring (bicyclic) bond motifs is 2. The van der Waals surface area contributed by atoms with E-state index in [1.165, 1.54) is 20.8 Å². The van der Waals surface area contributed by atoms with Gasteiger partial charge in [-0.25, -0.2) is 0 Å². The zero-order chi connectivity index (χ0) is 16.7. The molecule has 0 saturated carbocycles. The summed E-state index contributed by atoms with van der Waals surface area (Å²) in [7, 11) is 0. The Labute approximate surface area is 143 Å². The summed E-state index contributed by atoms with van der Waals surface area (Å²) in [6.45, 7) is 3.60. The fourth-order valence-corrected chi connectivity index (χ4v) is 3.47. The molecule has 0 aliphatic carbocycles. The number of halogens is 2. The molecule has 2 fully saturated rings. The zero-order valence-corrected chi connectivity index (χ0v) is 15.1. The van der Waals surface area contributed by atoms with E-state index in [1.807, 2.05) is 0 Å². The molecule has 124 valence electrons. The quantitative estimate of drug-likeness (QED) is 0.360. The average Bonchev–Trinajstić information content (AvgIpc) is 2.61. The number of alkyl halides is 2. The Kier molecular flexibility index (Phi) is 5.15. The maximum absolute atomic E-state index is 11.4. The highest BCUT2D eigenvalue weighted by molar-refractivity contribution is 9.25. The Bertz CT molecular complexity index is 494. The summed E-state index contributed by atoms with van der Waals surface area (Å²) >= 11 is 6.53. The molecule has 2 aliphatic rings. The third kappa shape index (κ3) is 3.61. The van der Waals surface area contributed by atoms with Crippen molar-refractivity contribution in [3.05, 3.63) is 0 Å². The Morgan fingerprint density at radius 3 is 1.82 bits per heavy atom. The van der Waals surface area contributed by atoms with E-state index in [0.717, 1.165) is 0 Å². The lowest BCUT2D eigenvalue weighted by atomic mass is 10.00. The summed E-state index contributed by atoms with van der Waals surface area (Å²) in [6, 6.07) is 0. The van der Waals surface area contributed by atoms with Crippen LogP contribution in [0.25, 0.3) is 0 Å². The van der Waals surface area contributed by atoms with Crippen molar-refractivity contribution in [1.82, 2.24) is 0 Å². The molecule has 0 N–H and O–H groups in total. The Hall–Kier alpha value is -0.710. The largest absolute Gasteiger partial charge is 0.455 e. The molecule has 5 atom stereocenters. The van der Waals surface area contributed by atoms with Crippen LogP contribution in [0, 0.1) is 0 Å². The Balaban J connectivity index is 2.37. The van der Waals surface area contributed by atoms with Crippen LogP contribution < -0.4 is 0 Å². The third-order valence-electron chi connectivity index (χ3n) is 3.01. The van der Waals surface area contributed by atoms with Crippen LogP contribution in [-0.4, -0.2) is 52.0 Å². The van der Waals surface area contributed by atoms with E-state index in [-0.39, 0.29) is 0 Å². The van der Waals surface area contributed by atoms with Crippen molar-refractivity contribution in [2.75, 3.05) is 0 Å². The number of rotatable bonds is 3. The van der Waals surface area contributed by atoms with E-state index < -0.39 is 52.0 Å². The SMILES string of the molecule is CC(=O)O[C@@H]1[C@@H](OC(C)=O)[C@H]2O[C@@H]([C@H]1OC(C)=O)C(Br)(Br)O2. The highest BCUT2D eigenvalue weighted by Gasteiger charge is 2.64. The summed E-state index contributed by atoms with van der Waals surface area (Å²) in [5.74, 6) is -1.83. The van der Waals surface area contributed by atoms with Gasteiger partial charge in [-0.1, -0.05) is 0 Å². The van der Waals surface area contributed by atoms with Crippen LogP contribution in [0.2, 0.25) is 0 Å². The van der Waals surface area contributed by atoms with Gasteiger partial charge in [-0.05, 0) is 31.9 Å². The second-order valence-corrected chi connectivity index (χ2v) is 8.25. The van der Waals surface area contributed by atoms with Gasteiger partial charge in [-0.15, -0.1) is 0 Å². The third-order valence-corrected chi connectivity index (χ3v) is 4.28. The zero-order valence-electron chi connectivity index (χ0n) is 11.9. The van der Waals surface area contributed by atoms with E-state index in [0.29, 0.717) is 0 Å². The predicted molar refractivity (Wildman–Crippen MR) is 77.0 cm³/mol. The van der Waals surface area contributed by atoms with E-state index in [2.05, 4.69) is 31.9 Å². The first-order valence-corrected chi connectivity index (χ1v) is 7.93. The van der Waals surface area contributed by atoms with Crippen molar-refractivity contribution in [3.63, 3.8) is 0 Å². The van der Waals surface area contributed by atoms with Crippen molar-refractivity contribution in [1.29, 1.82) is 0 Å². The van der Waals surface area contributed by atoms with Gasteiger partial charge in [0.15, 0.2) is 24.4 Å². The summed E-state index contributed by atoms with van der Waals surface area (Å²) in [5.41, 5.74) is 0. The van der Waals surface area contributed by atoms with Crippen molar-refractivity contribution >= 4 is 49.8 Å². The first kappa shape index (κ1) is 17.6. The van der Waals surface area contributed by atoms with Gasteiger partial charge in [0.1, 0.15) is 0 Å². The van der Waals surface area contributed by atoms with Crippen molar-refractivity contribution < 1.29 is 38.1 Å². The minimum Gasteiger partial charge on any atom is -0.455 e. The topological polar surface area (TPSA) is 97.4 Å². The molecule has 0 spiro atoms. The molecule has 2 rings (SSSR count). The standard InChI is InChI=1S/C12H14Br2O8/c1-4(15)18-7-8(19-5(2)16)10-12(13,14)22-11(21-10)9(7)20-6(3)17/h7-11H,1-3H3/t7-,8-,9+,10-,11-/m0/s1. The molecule has 22 heavy (non-hydrogen) atoms. The monoisotopic (exact) mass is 444 g/mol. The number of esters is 3. The van der Waals surface area contributed by atoms with Gasteiger partial charge in [0.2, 0.25) is 9.71 Å². The van der Waals surface area contributed by atoms with Crippen LogP contribution in [-0.2, 0) is 38.1 Å². The minimum absolute atomic E-state index is 0.603. The maximum Gasteiger partial charge on any atom is 0.303 e. The number of carbonyl (C=O) groups excluding carboxylic acids is 3. The van der Waals surface area contributed by atoms with Crippen LogP contribution in [0.1, 0.15) is 20.8 Å². The molecule has 0 unspecified atom stereocenters. The van der Waals surface area contributed by atoms with E-state index in [4.69, 9.17) is 23.7 Å². The molecule has 0 aromatic heterocycles. The number of hydrogen-bond donors (Lipinski definition) is 0. The normalized spacial score (nSPS) is 35.6. The Morgan fingerprint density at radius 2 is 1.32 bits per heavy atom. The van der Waals surface area contributed by atoms with Gasteiger partial charge < -0.3 is 23.7 Å². The predicted octanol–water partition coefficient (Wildman–Crippen LogP) is 0.980. The molecule has 0 aromatic carbocycles. The van der Waals surface area contributed by atoms with E-state index >= 15 is 0 Å². The molecular weight excluding hydrogens is 432 g/mol. The first-order chi connectivity index (χ1) is 10.1. The van der Waals surface area contributed by atoms with Gasteiger partial charge >= 0.3 is 17.9 Å². The molecule has 2 saturated heterocycles. The van der Waals surface area contributed by atoms with Gasteiger partial charge in [-0.2, -0.15) is 0 Å². The van der Waals surface area contributed by atoms with Gasteiger partial charge in [0.25, 0.3) is 0 Å². The number of hydrogen-bond acceptors (Lipinski definition) is 8. The van der Waals surface area contributed by atoms with Crippen LogP contribution in [0.3, 0.4) is 0 Å². The molecule has 0 aromatic rings. The van der Waals surface area contributed by atoms with Gasteiger partial charge in [-0.3, -0.25) is 14.4 Å².